The van der Waals surface area contributed by atoms with E-state index >= 15 is 0 Å². The first-order valence-electron chi connectivity index (χ1n) is 8.19. The fourth-order valence-corrected chi connectivity index (χ4v) is 3.58. The van der Waals surface area contributed by atoms with Crippen LogP contribution >= 0.6 is 0 Å². The van der Waals surface area contributed by atoms with Crippen LogP contribution < -0.4 is 5.32 Å². The molecular formula is C16H25F3N2O5S. The van der Waals surface area contributed by atoms with Gasteiger partial charge in [-0.1, -0.05) is 19.0 Å². The zero-order valence-corrected chi connectivity index (χ0v) is 16.8. The normalized spacial score (nSPS) is 13.6. The number of amides is 1. The molecular weight excluding hydrogens is 389 g/mol. The predicted molar refractivity (Wildman–Crippen MR) is 93.2 cm³/mol. The highest BCUT2D eigenvalue weighted by atomic mass is 32.2. The molecule has 156 valence electrons. The van der Waals surface area contributed by atoms with Gasteiger partial charge in [0.15, 0.2) is 9.84 Å². The number of carbonyl (C=O) groups excluding carboxylic acids is 1. The minimum absolute atomic E-state index is 0.0576. The molecule has 0 saturated heterocycles. The molecule has 0 aliphatic heterocycles. The Morgan fingerprint density at radius 1 is 1.26 bits per heavy atom. The smallest absolute Gasteiger partial charge is 0.384 e. The molecule has 0 saturated carbocycles. The van der Waals surface area contributed by atoms with E-state index in [4.69, 9.17) is 9.26 Å². The fourth-order valence-electron chi connectivity index (χ4n) is 2.21. The van der Waals surface area contributed by atoms with Gasteiger partial charge in [0.2, 0.25) is 11.8 Å². The number of carbonyl (C=O) groups is 1. The van der Waals surface area contributed by atoms with Gasteiger partial charge in [0.05, 0.1) is 18.1 Å². The molecule has 0 atom stereocenters. The van der Waals surface area contributed by atoms with Crippen LogP contribution in [0.15, 0.2) is 10.6 Å². The van der Waals surface area contributed by atoms with E-state index in [1.165, 1.54) is 13.2 Å². The van der Waals surface area contributed by atoms with Crippen molar-refractivity contribution in [1.29, 1.82) is 0 Å². The predicted octanol–water partition coefficient (Wildman–Crippen LogP) is 3.07. The summed E-state index contributed by atoms with van der Waals surface area (Å²) >= 11 is 0. The van der Waals surface area contributed by atoms with Gasteiger partial charge in [-0.3, -0.25) is 10.1 Å². The summed E-state index contributed by atoms with van der Waals surface area (Å²) < 4.78 is 69.5. The van der Waals surface area contributed by atoms with E-state index in [-0.39, 0.29) is 5.88 Å². The number of halogens is 3. The van der Waals surface area contributed by atoms with Gasteiger partial charge >= 0.3 is 6.18 Å². The lowest BCUT2D eigenvalue weighted by atomic mass is 9.90. The second-order valence-corrected chi connectivity index (χ2v) is 10.1. The van der Waals surface area contributed by atoms with E-state index in [0.29, 0.717) is 12.3 Å². The van der Waals surface area contributed by atoms with Crippen LogP contribution in [0.5, 0.6) is 0 Å². The quantitative estimate of drug-likeness (QED) is 0.667. The second-order valence-electron chi connectivity index (χ2n) is 7.40. The number of nitrogens with one attached hydrogen (secondary N) is 1. The van der Waals surface area contributed by atoms with Crippen LogP contribution in [-0.4, -0.2) is 49.9 Å². The number of ether oxygens (including phenoxy) is 1. The van der Waals surface area contributed by atoms with Gasteiger partial charge in [-0.2, -0.15) is 13.2 Å². The number of aromatic nitrogens is 1. The van der Waals surface area contributed by atoms with Gasteiger partial charge in [0, 0.05) is 25.0 Å². The summed E-state index contributed by atoms with van der Waals surface area (Å²) in [6, 6.07) is 1.45. The van der Waals surface area contributed by atoms with Crippen molar-refractivity contribution < 1.29 is 35.6 Å². The number of anilines is 1. The number of alkyl halides is 3. The van der Waals surface area contributed by atoms with E-state index in [2.05, 4.69) is 10.5 Å². The highest BCUT2D eigenvalue weighted by Gasteiger charge is 2.42. The average Bonchev–Trinajstić information content (AvgIpc) is 2.94. The van der Waals surface area contributed by atoms with Gasteiger partial charge in [-0.25, -0.2) is 8.42 Å². The zero-order chi connectivity index (χ0) is 21.1. The van der Waals surface area contributed by atoms with Crippen LogP contribution in [0.25, 0.3) is 0 Å². The molecule has 1 aromatic rings. The molecule has 27 heavy (non-hydrogen) atoms. The van der Waals surface area contributed by atoms with E-state index in [1.54, 1.807) is 0 Å². The topological polar surface area (TPSA) is 98.5 Å². The van der Waals surface area contributed by atoms with E-state index in [1.807, 2.05) is 13.8 Å². The molecule has 1 rings (SSSR count). The van der Waals surface area contributed by atoms with Crippen molar-refractivity contribution in [1.82, 2.24) is 5.16 Å². The van der Waals surface area contributed by atoms with Gasteiger partial charge in [-0.05, 0) is 20.3 Å². The Bertz CT molecular complexity index is 754. The molecule has 1 aromatic heterocycles. The van der Waals surface area contributed by atoms with Crippen LogP contribution in [-0.2, 0) is 24.8 Å². The molecule has 0 spiro atoms. The van der Waals surface area contributed by atoms with E-state index in [9.17, 15) is 26.4 Å². The van der Waals surface area contributed by atoms with Crippen molar-refractivity contribution >= 4 is 21.6 Å². The molecule has 0 bridgehead atoms. The highest BCUT2D eigenvalue weighted by Crippen LogP contribution is 2.28. The lowest BCUT2D eigenvalue weighted by molar-refractivity contribution is -0.134. The first kappa shape index (κ1) is 23.4. The number of methoxy groups -OCH3 is 1. The molecule has 1 heterocycles. The molecule has 0 unspecified atom stereocenters. The van der Waals surface area contributed by atoms with Crippen LogP contribution in [0.4, 0.5) is 19.1 Å². The Morgan fingerprint density at radius 3 is 2.37 bits per heavy atom. The zero-order valence-electron chi connectivity index (χ0n) is 15.9. The van der Waals surface area contributed by atoms with Gasteiger partial charge in [-0.15, -0.1) is 0 Å². The molecule has 0 aliphatic rings. The van der Waals surface area contributed by atoms with Gasteiger partial charge in [0.25, 0.3) is 0 Å². The number of rotatable bonds is 9. The summed E-state index contributed by atoms with van der Waals surface area (Å²) in [5.41, 5.74) is -0.00839. The summed E-state index contributed by atoms with van der Waals surface area (Å²) in [4.78, 5) is 12.4. The summed E-state index contributed by atoms with van der Waals surface area (Å²) in [6.45, 7) is 6.30. The van der Waals surface area contributed by atoms with E-state index in [0.717, 1.165) is 13.8 Å². The first-order valence-corrected chi connectivity index (χ1v) is 9.84. The number of sulfone groups is 1. The Balaban J connectivity index is 2.84. The molecule has 0 radical (unpaired) electrons. The highest BCUT2D eigenvalue weighted by molar-refractivity contribution is 7.93. The van der Waals surface area contributed by atoms with Gasteiger partial charge in [0.1, 0.15) is 4.75 Å². The molecule has 7 nitrogen and oxygen atoms in total. The SMILES string of the molecule is COCC(C)(C)c1cc(NC(=O)C(C)(C)S(=O)(=O)CCCC(F)(F)F)on1. The van der Waals surface area contributed by atoms with Crippen molar-refractivity contribution in [3.63, 3.8) is 0 Å². The van der Waals surface area contributed by atoms with Crippen molar-refractivity contribution in [2.45, 2.75) is 56.9 Å². The third-order valence-corrected chi connectivity index (χ3v) is 6.71. The van der Waals surface area contributed by atoms with Crippen molar-refractivity contribution in [2.75, 3.05) is 24.8 Å². The average molecular weight is 414 g/mol. The number of hydrogen-bond acceptors (Lipinski definition) is 6. The Labute approximate surface area is 156 Å². The Hall–Kier alpha value is -1.62. The van der Waals surface area contributed by atoms with Crippen LogP contribution in [0, 0.1) is 0 Å². The summed E-state index contributed by atoms with van der Waals surface area (Å²) in [6.07, 6.45) is -6.29. The third kappa shape index (κ3) is 6.20. The Kier molecular flexibility index (Phi) is 7.09. The third-order valence-electron chi connectivity index (χ3n) is 4.14. The Morgan fingerprint density at radius 2 is 1.85 bits per heavy atom. The molecule has 1 amide bonds. The maximum absolute atomic E-state index is 12.4. The first-order chi connectivity index (χ1) is 12.1. The second kappa shape index (κ2) is 8.17. The maximum Gasteiger partial charge on any atom is 0.389 e. The molecule has 11 heteroatoms. The molecule has 0 fully saturated rings. The summed E-state index contributed by atoms with van der Waals surface area (Å²) in [5, 5.41) is 6.16. The van der Waals surface area contributed by atoms with Crippen LogP contribution in [0.3, 0.4) is 0 Å². The summed E-state index contributed by atoms with van der Waals surface area (Å²) in [5.74, 6) is -1.73. The van der Waals surface area contributed by atoms with E-state index < -0.39 is 50.7 Å². The molecule has 0 aromatic carbocycles. The fraction of sp³-hybridized carbons (Fsp3) is 0.750. The lowest BCUT2D eigenvalue weighted by Gasteiger charge is -2.23. The largest absolute Gasteiger partial charge is 0.389 e. The van der Waals surface area contributed by atoms with Crippen molar-refractivity contribution in [3.05, 3.63) is 11.8 Å². The lowest BCUT2D eigenvalue weighted by Crippen LogP contribution is -2.45. The standard InChI is InChI=1S/C16H25F3N2O5S/c1-14(2,10-25-5)11-9-12(26-21-11)20-13(22)15(3,4)27(23,24)8-6-7-16(17,18)19/h9H,6-8,10H2,1-5H3,(H,20,22). The minimum Gasteiger partial charge on any atom is -0.384 e. The number of nitrogens with zero attached hydrogens (tertiary/aromatic N) is 1. The van der Waals surface area contributed by atoms with Crippen LogP contribution in [0.1, 0.15) is 46.2 Å². The summed E-state index contributed by atoms with van der Waals surface area (Å²) in [7, 11) is -2.60. The maximum atomic E-state index is 12.4. The number of hydrogen-bond donors (Lipinski definition) is 1. The molecule has 1 N–H and O–H groups in total. The monoisotopic (exact) mass is 414 g/mol. The van der Waals surface area contributed by atoms with Crippen molar-refractivity contribution in [3.8, 4) is 0 Å². The van der Waals surface area contributed by atoms with Crippen LogP contribution in [0.2, 0.25) is 0 Å². The van der Waals surface area contributed by atoms with Gasteiger partial charge < -0.3 is 9.26 Å². The van der Waals surface area contributed by atoms with Crippen molar-refractivity contribution in [2.24, 2.45) is 0 Å². The minimum atomic E-state index is -4.45. The molecule has 0 aliphatic carbocycles.